The van der Waals surface area contributed by atoms with Crippen LogP contribution in [0.2, 0.25) is 10.0 Å². The van der Waals surface area contributed by atoms with E-state index in [2.05, 4.69) is 10.3 Å². The number of nitrogens with one attached hydrogen (secondary N) is 1. The zero-order valence-electron chi connectivity index (χ0n) is 15.7. The van der Waals surface area contributed by atoms with Crippen LogP contribution < -0.4 is 10.1 Å². The summed E-state index contributed by atoms with van der Waals surface area (Å²) >= 11 is 11.7. The van der Waals surface area contributed by atoms with Crippen molar-refractivity contribution in [2.45, 2.75) is 19.4 Å². The number of hydrogen-bond donors (Lipinski definition) is 2. The predicted molar refractivity (Wildman–Crippen MR) is 111 cm³/mol. The molecule has 0 fully saturated rings. The molecular formula is C21H17Cl2FN2O4. The van der Waals surface area contributed by atoms with E-state index in [9.17, 15) is 19.1 Å². The van der Waals surface area contributed by atoms with Gasteiger partial charge in [0.1, 0.15) is 22.5 Å². The van der Waals surface area contributed by atoms with Crippen LogP contribution >= 0.6 is 23.2 Å². The molecule has 30 heavy (non-hydrogen) atoms. The number of nitrogens with zero attached hydrogens (tertiary/aromatic N) is 1. The van der Waals surface area contributed by atoms with Gasteiger partial charge < -0.3 is 15.2 Å². The van der Waals surface area contributed by atoms with Gasteiger partial charge in [-0.25, -0.2) is 9.37 Å². The Morgan fingerprint density at radius 3 is 2.70 bits per heavy atom. The van der Waals surface area contributed by atoms with Crippen LogP contribution in [0.25, 0.3) is 0 Å². The molecule has 0 spiro atoms. The molecule has 2 N–H and O–H groups in total. The first kappa shape index (κ1) is 21.8. The van der Waals surface area contributed by atoms with E-state index in [-0.39, 0.29) is 33.7 Å². The molecule has 3 rings (SSSR count). The smallest absolute Gasteiger partial charge is 0.315 e. The third-order valence-corrected chi connectivity index (χ3v) is 5.30. The van der Waals surface area contributed by atoms with E-state index in [1.807, 2.05) is 0 Å². The van der Waals surface area contributed by atoms with Crippen LogP contribution in [0.5, 0.6) is 11.6 Å². The van der Waals surface area contributed by atoms with Crippen molar-refractivity contribution in [1.82, 2.24) is 10.3 Å². The topological polar surface area (TPSA) is 88.5 Å². The first-order chi connectivity index (χ1) is 14.2. The van der Waals surface area contributed by atoms with Crippen molar-refractivity contribution in [2.24, 2.45) is 5.41 Å². The summed E-state index contributed by atoms with van der Waals surface area (Å²) in [5.74, 6) is -2.42. The Bertz CT molecular complexity index is 1060. The molecular weight excluding hydrogens is 434 g/mol. The van der Waals surface area contributed by atoms with E-state index in [0.717, 1.165) is 6.07 Å². The normalized spacial score (nSPS) is 18.7. The van der Waals surface area contributed by atoms with Crippen LogP contribution in [0.15, 0.2) is 54.8 Å². The number of carboxylic acids is 1. The maximum absolute atomic E-state index is 13.7. The molecule has 2 aromatic rings. The molecule has 1 aliphatic carbocycles. The van der Waals surface area contributed by atoms with Crippen LogP contribution in [0.1, 0.15) is 23.7 Å². The Kier molecular flexibility index (Phi) is 6.43. The molecule has 2 unspecified atom stereocenters. The highest BCUT2D eigenvalue weighted by atomic mass is 35.5. The Balaban J connectivity index is 1.87. The third-order valence-electron chi connectivity index (χ3n) is 4.78. The standard InChI is InChI=1S/C21H17Cl2FN2O4/c1-12(21(20(28)29)7-3-2-4-8-21)26-18(27)15-9-13(22)11-25-19(15)30-14-5-6-16(23)17(24)10-14/h2-7,9-12H,8H2,1H3,(H,26,27)(H,28,29). The van der Waals surface area contributed by atoms with Gasteiger partial charge in [-0.3, -0.25) is 9.59 Å². The summed E-state index contributed by atoms with van der Waals surface area (Å²) in [6.07, 6.45) is 8.14. The van der Waals surface area contributed by atoms with Crippen molar-refractivity contribution in [3.63, 3.8) is 0 Å². The van der Waals surface area contributed by atoms with Crippen LogP contribution in [0.3, 0.4) is 0 Å². The van der Waals surface area contributed by atoms with Gasteiger partial charge in [0.05, 0.1) is 10.0 Å². The summed E-state index contributed by atoms with van der Waals surface area (Å²) in [6, 6.07) is 4.36. The van der Waals surface area contributed by atoms with Gasteiger partial charge in [0.15, 0.2) is 0 Å². The first-order valence-electron chi connectivity index (χ1n) is 8.90. The molecule has 1 aromatic carbocycles. The lowest BCUT2D eigenvalue weighted by molar-refractivity contribution is -0.147. The number of aromatic nitrogens is 1. The summed E-state index contributed by atoms with van der Waals surface area (Å²) in [5, 5.41) is 12.5. The molecule has 1 aliphatic rings. The van der Waals surface area contributed by atoms with E-state index < -0.39 is 29.2 Å². The zero-order valence-corrected chi connectivity index (χ0v) is 17.2. The number of ether oxygens (including phenoxy) is 1. The van der Waals surface area contributed by atoms with Gasteiger partial charge in [0, 0.05) is 18.3 Å². The number of carbonyl (C=O) groups excluding carboxylic acids is 1. The lowest BCUT2D eigenvalue weighted by atomic mass is 9.75. The molecule has 6 nitrogen and oxygen atoms in total. The molecule has 0 bridgehead atoms. The fourth-order valence-corrected chi connectivity index (χ4v) is 3.30. The average molecular weight is 451 g/mol. The maximum Gasteiger partial charge on any atom is 0.315 e. The fourth-order valence-electron chi connectivity index (χ4n) is 3.03. The Morgan fingerprint density at radius 1 is 1.30 bits per heavy atom. The molecule has 0 aliphatic heterocycles. The summed E-state index contributed by atoms with van der Waals surface area (Å²) in [5.41, 5.74) is -1.32. The second-order valence-corrected chi connectivity index (χ2v) is 7.56. The highest BCUT2D eigenvalue weighted by Gasteiger charge is 2.42. The van der Waals surface area contributed by atoms with E-state index in [1.54, 1.807) is 31.2 Å². The molecule has 1 aromatic heterocycles. The van der Waals surface area contributed by atoms with Gasteiger partial charge in [0.25, 0.3) is 5.91 Å². The third kappa shape index (κ3) is 4.47. The van der Waals surface area contributed by atoms with E-state index in [0.29, 0.717) is 0 Å². The van der Waals surface area contributed by atoms with Crippen molar-refractivity contribution in [3.8, 4) is 11.6 Å². The van der Waals surface area contributed by atoms with E-state index in [4.69, 9.17) is 27.9 Å². The Morgan fingerprint density at radius 2 is 2.07 bits per heavy atom. The first-order valence-corrected chi connectivity index (χ1v) is 9.65. The number of pyridine rings is 1. The lowest BCUT2D eigenvalue weighted by Gasteiger charge is -2.33. The quantitative estimate of drug-likeness (QED) is 0.644. The Hall–Kier alpha value is -2.90. The second kappa shape index (κ2) is 8.85. The zero-order chi connectivity index (χ0) is 21.9. The van der Waals surface area contributed by atoms with Gasteiger partial charge in [-0.15, -0.1) is 0 Å². The summed E-state index contributed by atoms with van der Waals surface area (Å²) in [6.45, 7) is 1.60. The molecule has 9 heteroatoms. The molecule has 0 radical (unpaired) electrons. The molecule has 2 atom stereocenters. The summed E-state index contributed by atoms with van der Waals surface area (Å²) < 4.78 is 19.3. The number of allylic oxidation sites excluding steroid dienone is 3. The average Bonchev–Trinajstić information content (AvgIpc) is 2.72. The van der Waals surface area contributed by atoms with E-state index >= 15 is 0 Å². The Labute approximate surface area is 182 Å². The van der Waals surface area contributed by atoms with Crippen molar-refractivity contribution in [3.05, 3.63) is 76.2 Å². The number of halogens is 3. The number of amides is 1. The molecule has 0 saturated heterocycles. The largest absolute Gasteiger partial charge is 0.481 e. The minimum Gasteiger partial charge on any atom is -0.481 e. The number of rotatable bonds is 6. The lowest BCUT2D eigenvalue weighted by Crippen LogP contribution is -2.49. The van der Waals surface area contributed by atoms with Gasteiger partial charge in [0.2, 0.25) is 5.88 Å². The fraction of sp³-hybridized carbons (Fsp3) is 0.190. The number of carbonyl (C=O) groups is 2. The number of benzene rings is 1. The maximum atomic E-state index is 13.7. The molecule has 1 heterocycles. The SMILES string of the molecule is CC(NC(=O)c1cc(Cl)cnc1Oc1ccc(Cl)c(F)c1)C1(C(=O)O)C=CC=CC1. The monoisotopic (exact) mass is 450 g/mol. The van der Waals surface area contributed by atoms with Crippen LogP contribution in [0.4, 0.5) is 4.39 Å². The van der Waals surface area contributed by atoms with Gasteiger partial charge >= 0.3 is 5.97 Å². The minimum atomic E-state index is -1.29. The second-order valence-electron chi connectivity index (χ2n) is 6.72. The highest BCUT2D eigenvalue weighted by molar-refractivity contribution is 6.31. The highest BCUT2D eigenvalue weighted by Crippen LogP contribution is 2.33. The van der Waals surface area contributed by atoms with Gasteiger partial charge in [-0.05, 0) is 31.5 Å². The molecule has 0 saturated carbocycles. The number of aliphatic carboxylic acids is 1. The van der Waals surface area contributed by atoms with Gasteiger partial charge in [-0.2, -0.15) is 0 Å². The number of carboxylic acid groups (broad SMARTS) is 1. The summed E-state index contributed by atoms with van der Waals surface area (Å²) in [7, 11) is 0. The number of hydrogen-bond acceptors (Lipinski definition) is 4. The van der Waals surface area contributed by atoms with Crippen LogP contribution in [0, 0.1) is 11.2 Å². The van der Waals surface area contributed by atoms with Crippen LogP contribution in [-0.2, 0) is 4.79 Å². The molecule has 156 valence electrons. The van der Waals surface area contributed by atoms with Crippen LogP contribution in [-0.4, -0.2) is 28.0 Å². The van der Waals surface area contributed by atoms with Gasteiger partial charge in [-0.1, -0.05) is 47.5 Å². The molecule has 1 amide bonds. The van der Waals surface area contributed by atoms with Crippen molar-refractivity contribution in [1.29, 1.82) is 0 Å². The predicted octanol–water partition coefficient (Wildman–Crippen LogP) is 5.03. The van der Waals surface area contributed by atoms with Crippen molar-refractivity contribution < 1.29 is 23.8 Å². The summed E-state index contributed by atoms with van der Waals surface area (Å²) in [4.78, 5) is 28.9. The van der Waals surface area contributed by atoms with Crippen molar-refractivity contribution >= 4 is 35.1 Å². The van der Waals surface area contributed by atoms with Crippen molar-refractivity contribution in [2.75, 3.05) is 0 Å². The minimum absolute atomic E-state index is 0.0272. The van der Waals surface area contributed by atoms with E-state index in [1.165, 1.54) is 24.4 Å².